The molecule has 17 heteroatoms. The van der Waals surface area contributed by atoms with Crippen molar-refractivity contribution in [3.63, 3.8) is 0 Å². The minimum atomic E-state index is -0.600. The van der Waals surface area contributed by atoms with Crippen LogP contribution in [-0.2, 0) is 13.1 Å². The quantitative estimate of drug-likeness (QED) is 0.108. The summed E-state index contributed by atoms with van der Waals surface area (Å²) in [4.78, 5) is 53.1. The van der Waals surface area contributed by atoms with Crippen LogP contribution >= 0.6 is 11.6 Å². The second kappa shape index (κ2) is 21.8. The van der Waals surface area contributed by atoms with E-state index in [0.717, 1.165) is 67.8 Å². The fourth-order valence-electron chi connectivity index (χ4n) is 6.44. The maximum Gasteiger partial charge on any atom is 0.344 e. The number of hydrogen-bond acceptors (Lipinski definition) is 10. The van der Waals surface area contributed by atoms with Crippen molar-refractivity contribution < 1.29 is 28.7 Å². The number of carbonyl (C=O) groups is 4. The summed E-state index contributed by atoms with van der Waals surface area (Å²) in [6.45, 7) is 7.34. The first-order valence-corrected chi connectivity index (χ1v) is 19.9. The fraction of sp³-hybridized carbons (Fsp3) is 0.227. The van der Waals surface area contributed by atoms with E-state index in [2.05, 4.69) is 43.3 Å². The average Bonchev–Trinajstić information content (AvgIpc) is 4.00. The number of aromatic amines is 1. The SMILES string of the molecule is NC(=O)c1cn[nH]c1.NC(=O)c1cnn(C(=O)N2CCN(Cc3cccc(Oc4ccccc4)c3)CC2)c1.O=C(Cl)N1CCN(Cc2cccc(Oc3ccccc3)c2)CC1. The first-order valence-electron chi connectivity index (χ1n) is 19.5. The van der Waals surface area contributed by atoms with Crippen LogP contribution in [0.1, 0.15) is 31.8 Å². The molecule has 0 radical (unpaired) electrons. The minimum Gasteiger partial charge on any atom is -0.457 e. The van der Waals surface area contributed by atoms with Gasteiger partial charge in [-0.3, -0.25) is 29.3 Å². The van der Waals surface area contributed by atoms with Gasteiger partial charge in [0.1, 0.15) is 23.0 Å². The molecule has 0 aliphatic carbocycles. The molecule has 2 fully saturated rings. The number of para-hydroxylation sites is 2. The molecule has 0 bridgehead atoms. The number of piperazine rings is 2. The molecule has 16 nitrogen and oxygen atoms in total. The standard InChI is InChI=1S/C22H23N5O3.C18H19ClN2O2.C4H5N3O/c23-21(28)18-14-24-27(16-18)22(29)26-11-9-25(10-12-26)15-17-5-4-8-20(13-17)30-19-6-2-1-3-7-19;19-18(22)21-11-9-20(10-12-21)14-15-5-4-8-17(13-15)23-16-6-2-1-3-7-16;5-4(8)3-1-6-7-2-3/h1-8,13-14,16H,9-12,15H2,(H2,23,28);1-8,13H,9-12,14H2;1-2H,(H2,5,8)(H,6,7). The summed E-state index contributed by atoms with van der Waals surface area (Å²) in [5, 5.41) is 9.56. The van der Waals surface area contributed by atoms with E-state index in [1.165, 1.54) is 35.0 Å². The van der Waals surface area contributed by atoms with Crippen LogP contribution in [0.3, 0.4) is 0 Å². The van der Waals surface area contributed by atoms with Crippen LogP contribution in [0, 0.1) is 0 Å². The minimum absolute atomic E-state index is 0.222. The molecule has 8 rings (SSSR count). The maximum atomic E-state index is 12.6. The van der Waals surface area contributed by atoms with Gasteiger partial charge in [-0.25, -0.2) is 4.79 Å². The van der Waals surface area contributed by atoms with Gasteiger partial charge in [-0.15, -0.1) is 0 Å². The van der Waals surface area contributed by atoms with Crippen LogP contribution in [0.2, 0.25) is 0 Å². The highest BCUT2D eigenvalue weighted by Crippen LogP contribution is 2.24. The first-order chi connectivity index (χ1) is 29.6. The van der Waals surface area contributed by atoms with Gasteiger partial charge in [0, 0.05) is 77.8 Å². The summed E-state index contributed by atoms with van der Waals surface area (Å²) < 4.78 is 12.9. The van der Waals surface area contributed by atoms with Gasteiger partial charge in [-0.1, -0.05) is 60.7 Å². The van der Waals surface area contributed by atoms with E-state index in [0.29, 0.717) is 31.7 Å². The third kappa shape index (κ3) is 13.5. The Hall–Kier alpha value is -7.01. The third-order valence-electron chi connectivity index (χ3n) is 9.68. The van der Waals surface area contributed by atoms with Crippen molar-refractivity contribution in [2.24, 2.45) is 11.5 Å². The summed E-state index contributed by atoms with van der Waals surface area (Å²) in [7, 11) is 0. The molecular weight excluding hydrogens is 800 g/mol. The molecule has 0 unspecified atom stereocenters. The summed E-state index contributed by atoms with van der Waals surface area (Å²) in [6.07, 6.45) is 5.50. The van der Waals surface area contributed by atoms with Gasteiger partial charge < -0.3 is 30.7 Å². The molecule has 0 spiro atoms. The molecule has 4 heterocycles. The van der Waals surface area contributed by atoms with Crippen LogP contribution in [0.4, 0.5) is 9.59 Å². The van der Waals surface area contributed by atoms with Gasteiger partial charge in [-0.05, 0) is 71.3 Å². The van der Waals surface area contributed by atoms with Crippen molar-refractivity contribution in [2.75, 3.05) is 52.4 Å². The van der Waals surface area contributed by atoms with Gasteiger partial charge in [0.2, 0.25) is 0 Å². The number of H-pyrrole nitrogens is 1. The Kier molecular flexibility index (Phi) is 15.6. The lowest BCUT2D eigenvalue weighted by molar-refractivity contribution is 0.0991. The Morgan fingerprint density at radius 3 is 1.48 bits per heavy atom. The van der Waals surface area contributed by atoms with Crippen molar-refractivity contribution in [1.29, 1.82) is 0 Å². The second-order valence-electron chi connectivity index (χ2n) is 14.1. The van der Waals surface area contributed by atoms with E-state index in [1.54, 1.807) is 9.80 Å². The summed E-state index contributed by atoms with van der Waals surface area (Å²) in [5.41, 5.74) is 13.1. The molecule has 5 N–H and O–H groups in total. The zero-order valence-corrected chi connectivity index (χ0v) is 34.1. The summed E-state index contributed by atoms with van der Waals surface area (Å²) >= 11 is 5.51. The lowest BCUT2D eigenvalue weighted by atomic mass is 10.2. The summed E-state index contributed by atoms with van der Waals surface area (Å²) in [5.74, 6) is 2.22. The molecule has 2 aromatic heterocycles. The van der Waals surface area contributed by atoms with Crippen molar-refractivity contribution in [1.82, 2.24) is 39.6 Å². The number of rotatable bonds is 10. The zero-order valence-electron chi connectivity index (χ0n) is 33.4. The molecule has 0 saturated carbocycles. The van der Waals surface area contributed by atoms with Crippen LogP contribution in [0.5, 0.6) is 23.0 Å². The number of carbonyl (C=O) groups excluding carboxylic acids is 4. The molecule has 4 amide bonds. The predicted molar refractivity (Wildman–Crippen MR) is 230 cm³/mol. The second-order valence-corrected chi connectivity index (χ2v) is 14.4. The topological polar surface area (TPSA) is 198 Å². The molecule has 6 aromatic rings. The van der Waals surface area contributed by atoms with Crippen LogP contribution < -0.4 is 20.9 Å². The van der Waals surface area contributed by atoms with Gasteiger partial charge in [0.05, 0.1) is 23.5 Å². The number of nitrogens with one attached hydrogen (secondary N) is 1. The number of primary amides is 2. The van der Waals surface area contributed by atoms with Crippen molar-refractivity contribution >= 4 is 34.8 Å². The molecule has 4 aromatic carbocycles. The normalized spacial score (nSPS) is 14.1. The molecule has 2 aliphatic rings. The predicted octanol–water partition coefficient (Wildman–Crippen LogP) is 6.02. The lowest BCUT2D eigenvalue weighted by Crippen LogP contribution is -2.49. The van der Waals surface area contributed by atoms with Gasteiger partial charge in [-0.2, -0.15) is 14.9 Å². The van der Waals surface area contributed by atoms with E-state index >= 15 is 0 Å². The van der Waals surface area contributed by atoms with Gasteiger partial charge >= 0.3 is 11.4 Å². The Morgan fingerprint density at radius 1 is 0.590 bits per heavy atom. The van der Waals surface area contributed by atoms with Gasteiger partial charge in [0.25, 0.3) is 11.8 Å². The highest BCUT2D eigenvalue weighted by molar-refractivity contribution is 6.62. The highest BCUT2D eigenvalue weighted by Gasteiger charge is 2.24. The Balaban J connectivity index is 0.000000177. The maximum absolute atomic E-state index is 12.6. The zero-order chi connectivity index (χ0) is 43.0. The van der Waals surface area contributed by atoms with Crippen LogP contribution in [0.25, 0.3) is 0 Å². The Bertz CT molecular complexity index is 2330. The number of benzene rings is 4. The van der Waals surface area contributed by atoms with Crippen LogP contribution in [0.15, 0.2) is 134 Å². The molecule has 2 aliphatic heterocycles. The number of nitrogens with two attached hydrogens (primary N) is 2. The Labute approximate surface area is 358 Å². The number of amides is 4. The number of hydrogen-bond donors (Lipinski definition) is 3. The van der Waals surface area contributed by atoms with E-state index in [9.17, 15) is 19.2 Å². The first kappa shape index (κ1) is 43.6. The lowest BCUT2D eigenvalue weighted by Gasteiger charge is -2.34. The summed E-state index contributed by atoms with van der Waals surface area (Å²) in [6, 6.07) is 35.4. The fourth-order valence-corrected chi connectivity index (χ4v) is 6.61. The molecule has 61 heavy (non-hydrogen) atoms. The van der Waals surface area contributed by atoms with E-state index in [1.807, 2.05) is 91.0 Å². The smallest absolute Gasteiger partial charge is 0.344 e. The van der Waals surface area contributed by atoms with Crippen molar-refractivity contribution in [3.05, 3.63) is 156 Å². The largest absolute Gasteiger partial charge is 0.457 e. The monoisotopic (exact) mass is 846 g/mol. The highest BCUT2D eigenvalue weighted by atomic mass is 35.5. The van der Waals surface area contributed by atoms with E-state index in [4.69, 9.17) is 32.5 Å². The molecular formula is C44H47ClN10O6. The third-order valence-corrected chi connectivity index (χ3v) is 9.92. The number of halogens is 1. The number of aromatic nitrogens is 4. The average molecular weight is 847 g/mol. The van der Waals surface area contributed by atoms with Crippen molar-refractivity contribution in [2.45, 2.75) is 13.1 Å². The Morgan fingerprint density at radius 2 is 1.07 bits per heavy atom. The van der Waals surface area contributed by atoms with E-state index < -0.39 is 11.8 Å². The molecule has 2 saturated heterocycles. The number of ether oxygens (including phenoxy) is 2. The number of nitrogens with zero attached hydrogens (tertiary/aromatic N) is 7. The van der Waals surface area contributed by atoms with E-state index in [-0.39, 0.29) is 17.0 Å². The molecule has 0 atom stereocenters. The molecule has 316 valence electrons. The van der Waals surface area contributed by atoms with Crippen LogP contribution in [-0.4, -0.2) is 115 Å². The van der Waals surface area contributed by atoms with Gasteiger partial charge in [0.15, 0.2) is 0 Å². The van der Waals surface area contributed by atoms with Crippen molar-refractivity contribution in [3.8, 4) is 23.0 Å².